The van der Waals surface area contributed by atoms with Crippen LogP contribution in [0.15, 0.2) is 12.3 Å². The summed E-state index contributed by atoms with van der Waals surface area (Å²) in [7, 11) is 0. The average molecular weight is 303 g/mol. The Balaban J connectivity index is 0.00000147. The van der Waals surface area contributed by atoms with Crippen LogP contribution < -0.4 is 10.5 Å². The normalized spacial score (nSPS) is 26.5. The molecule has 2 N–H and O–H groups in total. The third-order valence-corrected chi connectivity index (χ3v) is 3.92. The van der Waals surface area contributed by atoms with Gasteiger partial charge in [-0.15, -0.1) is 12.4 Å². The summed E-state index contributed by atoms with van der Waals surface area (Å²) in [6, 6.07) is 1.79. The van der Waals surface area contributed by atoms with Crippen molar-refractivity contribution in [3.8, 4) is 5.88 Å². The first-order valence-corrected chi connectivity index (χ1v) is 6.88. The molecule has 0 bridgehead atoms. The van der Waals surface area contributed by atoms with Crippen LogP contribution in [0.1, 0.15) is 37.2 Å². The smallest absolute Gasteiger partial charge is 0.217 e. The minimum Gasteiger partial charge on any atom is -0.474 e. The predicted molar refractivity (Wildman–Crippen MR) is 75.9 cm³/mol. The molecule has 3 rings (SSSR count). The lowest BCUT2D eigenvalue weighted by Gasteiger charge is -2.33. The summed E-state index contributed by atoms with van der Waals surface area (Å²) in [5, 5.41) is 0. The van der Waals surface area contributed by atoms with Crippen LogP contribution in [0.5, 0.6) is 5.88 Å². The maximum atomic E-state index is 13.4. The van der Waals surface area contributed by atoms with Gasteiger partial charge in [-0.3, -0.25) is 0 Å². The summed E-state index contributed by atoms with van der Waals surface area (Å²) < 4.78 is 24.6. The Morgan fingerprint density at radius 3 is 2.65 bits per heavy atom. The fourth-order valence-corrected chi connectivity index (χ4v) is 2.70. The van der Waals surface area contributed by atoms with Crippen LogP contribution in [-0.4, -0.2) is 30.3 Å². The molecule has 1 aromatic rings. The first-order chi connectivity index (χ1) is 9.22. The van der Waals surface area contributed by atoms with E-state index in [1.165, 1.54) is 6.20 Å². The standard InChI is InChI=1S/C14H19FN2O2.ClH/c15-10-5-13(9-1-3-18-4-2-9)14(17-8-10)19-12-6-11(16)7-12;/h5,8-9,11-12H,1-4,6-7,16H2;1H/t11-,12-;. The zero-order chi connectivity index (χ0) is 13.2. The molecule has 2 heterocycles. The first-order valence-electron chi connectivity index (χ1n) is 6.88. The van der Waals surface area contributed by atoms with Crippen LogP contribution in [0, 0.1) is 5.82 Å². The highest BCUT2D eigenvalue weighted by molar-refractivity contribution is 5.85. The Labute approximate surface area is 124 Å². The molecular formula is C14H20ClFN2O2. The molecule has 0 amide bonds. The predicted octanol–water partition coefficient (Wildman–Crippen LogP) is 2.41. The van der Waals surface area contributed by atoms with E-state index in [0.29, 0.717) is 5.88 Å². The Kier molecular flexibility index (Phi) is 5.18. The molecule has 1 saturated heterocycles. The highest BCUT2D eigenvalue weighted by Gasteiger charge is 2.30. The number of pyridine rings is 1. The van der Waals surface area contributed by atoms with Crippen LogP contribution in [-0.2, 0) is 4.74 Å². The van der Waals surface area contributed by atoms with E-state index in [9.17, 15) is 4.39 Å². The molecule has 6 heteroatoms. The number of hydrogen-bond donors (Lipinski definition) is 1. The summed E-state index contributed by atoms with van der Waals surface area (Å²) in [6.45, 7) is 1.43. The average Bonchev–Trinajstić information content (AvgIpc) is 2.40. The molecule has 0 aromatic carbocycles. The van der Waals surface area contributed by atoms with Crippen molar-refractivity contribution in [3.63, 3.8) is 0 Å². The van der Waals surface area contributed by atoms with Gasteiger partial charge in [0.1, 0.15) is 11.9 Å². The van der Waals surface area contributed by atoms with Gasteiger partial charge < -0.3 is 15.2 Å². The lowest BCUT2D eigenvalue weighted by atomic mass is 9.89. The van der Waals surface area contributed by atoms with Crippen molar-refractivity contribution in [2.75, 3.05) is 13.2 Å². The molecule has 1 aromatic heterocycles. The fourth-order valence-electron chi connectivity index (χ4n) is 2.70. The van der Waals surface area contributed by atoms with E-state index in [1.54, 1.807) is 6.07 Å². The third-order valence-electron chi connectivity index (χ3n) is 3.92. The third kappa shape index (κ3) is 3.40. The number of hydrogen-bond acceptors (Lipinski definition) is 4. The van der Waals surface area contributed by atoms with Gasteiger partial charge in [0.15, 0.2) is 0 Å². The van der Waals surface area contributed by atoms with Crippen molar-refractivity contribution in [3.05, 3.63) is 23.6 Å². The maximum Gasteiger partial charge on any atom is 0.217 e. The van der Waals surface area contributed by atoms with E-state index in [0.717, 1.165) is 44.5 Å². The Hall–Kier alpha value is -0.910. The molecule has 112 valence electrons. The van der Waals surface area contributed by atoms with E-state index >= 15 is 0 Å². The summed E-state index contributed by atoms with van der Waals surface area (Å²) >= 11 is 0. The summed E-state index contributed by atoms with van der Waals surface area (Å²) in [4.78, 5) is 4.12. The molecule has 1 aliphatic carbocycles. The van der Waals surface area contributed by atoms with Crippen molar-refractivity contribution in [2.45, 2.75) is 43.7 Å². The minimum atomic E-state index is -0.306. The Morgan fingerprint density at radius 2 is 2.00 bits per heavy atom. The van der Waals surface area contributed by atoms with Gasteiger partial charge in [0.2, 0.25) is 5.88 Å². The second kappa shape index (κ2) is 6.70. The topological polar surface area (TPSA) is 57.4 Å². The molecule has 2 aliphatic rings. The van der Waals surface area contributed by atoms with Crippen LogP contribution in [0.2, 0.25) is 0 Å². The molecule has 0 atom stereocenters. The summed E-state index contributed by atoms with van der Waals surface area (Å²) in [5.74, 6) is 0.546. The van der Waals surface area contributed by atoms with Gasteiger partial charge in [0.25, 0.3) is 0 Å². The van der Waals surface area contributed by atoms with Crippen LogP contribution in [0.4, 0.5) is 4.39 Å². The van der Waals surface area contributed by atoms with E-state index < -0.39 is 0 Å². The Bertz CT molecular complexity index is 449. The SMILES string of the molecule is Cl.N[C@H]1C[C@H](Oc2ncc(F)cc2C2CCOCC2)C1. The van der Waals surface area contributed by atoms with E-state index in [-0.39, 0.29) is 36.3 Å². The number of rotatable bonds is 3. The maximum absolute atomic E-state index is 13.4. The lowest BCUT2D eigenvalue weighted by molar-refractivity contribution is 0.0776. The molecule has 0 spiro atoms. The van der Waals surface area contributed by atoms with Crippen molar-refractivity contribution in [1.82, 2.24) is 4.98 Å². The van der Waals surface area contributed by atoms with Gasteiger partial charge >= 0.3 is 0 Å². The molecule has 0 unspecified atom stereocenters. The largest absolute Gasteiger partial charge is 0.474 e. The molecule has 1 saturated carbocycles. The van der Waals surface area contributed by atoms with Crippen LogP contribution >= 0.6 is 12.4 Å². The van der Waals surface area contributed by atoms with Crippen molar-refractivity contribution in [1.29, 1.82) is 0 Å². The molecule has 20 heavy (non-hydrogen) atoms. The first kappa shape index (κ1) is 15.5. The summed E-state index contributed by atoms with van der Waals surface area (Å²) in [6.07, 6.45) is 4.85. The van der Waals surface area contributed by atoms with Crippen molar-refractivity contribution >= 4 is 12.4 Å². The minimum absolute atomic E-state index is 0. The van der Waals surface area contributed by atoms with Gasteiger partial charge in [0, 0.05) is 24.8 Å². The number of halogens is 2. The molecular weight excluding hydrogens is 283 g/mol. The zero-order valence-electron chi connectivity index (χ0n) is 11.3. The monoisotopic (exact) mass is 302 g/mol. The van der Waals surface area contributed by atoms with Gasteiger partial charge in [-0.2, -0.15) is 0 Å². The number of ether oxygens (including phenoxy) is 2. The highest BCUT2D eigenvalue weighted by atomic mass is 35.5. The van der Waals surface area contributed by atoms with E-state index in [4.69, 9.17) is 15.2 Å². The lowest BCUT2D eigenvalue weighted by Crippen LogP contribution is -2.43. The number of nitrogens with two attached hydrogens (primary N) is 1. The van der Waals surface area contributed by atoms with Crippen LogP contribution in [0.3, 0.4) is 0 Å². The Morgan fingerprint density at radius 1 is 1.30 bits per heavy atom. The van der Waals surface area contributed by atoms with Crippen molar-refractivity contribution in [2.24, 2.45) is 5.73 Å². The molecule has 1 aliphatic heterocycles. The number of aromatic nitrogens is 1. The van der Waals surface area contributed by atoms with Gasteiger partial charge in [-0.05, 0) is 37.7 Å². The molecule has 2 fully saturated rings. The van der Waals surface area contributed by atoms with Gasteiger partial charge in [-0.1, -0.05) is 0 Å². The van der Waals surface area contributed by atoms with Crippen molar-refractivity contribution < 1.29 is 13.9 Å². The second-order valence-electron chi connectivity index (χ2n) is 5.41. The van der Waals surface area contributed by atoms with Crippen LogP contribution in [0.25, 0.3) is 0 Å². The number of nitrogens with zero attached hydrogens (tertiary/aromatic N) is 1. The van der Waals surface area contributed by atoms with E-state index in [1.807, 2.05) is 0 Å². The van der Waals surface area contributed by atoms with Gasteiger partial charge in [0.05, 0.1) is 6.20 Å². The van der Waals surface area contributed by atoms with Gasteiger partial charge in [-0.25, -0.2) is 9.37 Å². The molecule has 4 nitrogen and oxygen atoms in total. The van der Waals surface area contributed by atoms with E-state index in [2.05, 4.69) is 4.98 Å². The highest BCUT2D eigenvalue weighted by Crippen LogP contribution is 2.34. The second-order valence-corrected chi connectivity index (χ2v) is 5.41. The fraction of sp³-hybridized carbons (Fsp3) is 0.643. The summed E-state index contributed by atoms with van der Waals surface area (Å²) in [5.41, 5.74) is 6.63. The molecule has 0 radical (unpaired) electrons. The zero-order valence-corrected chi connectivity index (χ0v) is 12.1. The quantitative estimate of drug-likeness (QED) is 0.931.